The van der Waals surface area contributed by atoms with Crippen LogP contribution in [0, 0.1) is 11.8 Å². The van der Waals surface area contributed by atoms with Crippen LogP contribution >= 0.6 is 0 Å². The molecular weight excluding hydrogens is 232 g/mol. The summed E-state index contributed by atoms with van der Waals surface area (Å²) in [6, 6.07) is 0. The third kappa shape index (κ3) is 2.81. The maximum absolute atomic E-state index is 12.1. The van der Waals surface area contributed by atoms with Crippen LogP contribution in [0.1, 0.15) is 51.4 Å². The first-order chi connectivity index (χ1) is 8.61. The van der Waals surface area contributed by atoms with Crippen molar-refractivity contribution in [1.29, 1.82) is 0 Å². The van der Waals surface area contributed by atoms with E-state index in [1.807, 2.05) is 0 Å². The number of carbonyl (C=O) groups is 2. The minimum absolute atomic E-state index is 0.181. The number of carbonyl (C=O) groups excluding carboxylic acids is 2. The van der Waals surface area contributed by atoms with Gasteiger partial charge in [-0.15, -0.1) is 0 Å². The molecule has 4 heteroatoms. The van der Waals surface area contributed by atoms with Gasteiger partial charge in [-0.25, -0.2) is 0 Å². The van der Waals surface area contributed by atoms with E-state index in [0.29, 0.717) is 25.7 Å². The average molecular weight is 254 g/mol. The van der Waals surface area contributed by atoms with Crippen LogP contribution in [0.4, 0.5) is 0 Å². The summed E-state index contributed by atoms with van der Waals surface area (Å²) in [5.41, 5.74) is 0. The summed E-state index contributed by atoms with van der Waals surface area (Å²) >= 11 is 0. The van der Waals surface area contributed by atoms with Crippen molar-refractivity contribution in [2.75, 3.05) is 0 Å². The Balaban J connectivity index is 2.16. The van der Waals surface area contributed by atoms with E-state index in [1.165, 1.54) is 0 Å². The molecule has 0 spiro atoms. The van der Waals surface area contributed by atoms with Crippen LogP contribution in [0.25, 0.3) is 0 Å². The third-order valence-corrected chi connectivity index (χ3v) is 4.36. The van der Waals surface area contributed by atoms with Crippen LogP contribution in [0.3, 0.4) is 0 Å². The summed E-state index contributed by atoms with van der Waals surface area (Å²) < 4.78 is 0. The van der Waals surface area contributed by atoms with Crippen LogP contribution in [-0.4, -0.2) is 34.0 Å². The first-order valence-corrected chi connectivity index (χ1v) is 7.05. The Morgan fingerprint density at radius 3 is 1.39 bits per heavy atom. The maximum Gasteiger partial charge on any atom is 0.165 e. The Morgan fingerprint density at radius 1 is 0.667 bits per heavy atom. The molecule has 2 aliphatic carbocycles. The summed E-state index contributed by atoms with van der Waals surface area (Å²) in [4.78, 5) is 24.3. The van der Waals surface area contributed by atoms with Gasteiger partial charge in [0, 0.05) is 11.8 Å². The van der Waals surface area contributed by atoms with Crippen molar-refractivity contribution in [3.8, 4) is 0 Å². The van der Waals surface area contributed by atoms with Crippen LogP contribution < -0.4 is 0 Å². The van der Waals surface area contributed by atoms with Crippen molar-refractivity contribution in [2.45, 2.75) is 63.6 Å². The lowest BCUT2D eigenvalue weighted by molar-refractivity contribution is -0.141. The second kappa shape index (κ2) is 5.93. The predicted octanol–water partition coefficient (Wildman–Crippen LogP) is 1.23. The summed E-state index contributed by atoms with van der Waals surface area (Å²) in [5, 5.41) is 19.5. The van der Waals surface area contributed by atoms with Gasteiger partial charge in [0.1, 0.15) is 12.2 Å². The van der Waals surface area contributed by atoms with Crippen LogP contribution in [0.2, 0.25) is 0 Å². The number of rotatable bonds is 1. The van der Waals surface area contributed by atoms with Crippen molar-refractivity contribution >= 4 is 11.6 Å². The van der Waals surface area contributed by atoms with Gasteiger partial charge < -0.3 is 10.2 Å². The fourth-order valence-corrected chi connectivity index (χ4v) is 3.27. The van der Waals surface area contributed by atoms with E-state index in [0.717, 1.165) is 25.7 Å². The third-order valence-electron chi connectivity index (χ3n) is 4.36. The maximum atomic E-state index is 12.1. The van der Waals surface area contributed by atoms with Gasteiger partial charge in [-0.3, -0.25) is 9.59 Å². The molecule has 2 N–H and O–H groups in total. The Kier molecular flexibility index (Phi) is 4.51. The van der Waals surface area contributed by atoms with Crippen molar-refractivity contribution in [3.05, 3.63) is 0 Å². The minimum atomic E-state index is -0.911. The van der Waals surface area contributed by atoms with Crippen LogP contribution in [-0.2, 0) is 9.59 Å². The highest BCUT2D eigenvalue weighted by molar-refractivity contribution is 5.93. The first-order valence-electron chi connectivity index (χ1n) is 7.05. The van der Waals surface area contributed by atoms with Crippen molar-refractivity contribution < 1.29 is 19.8 Å². The van der Waals surface area contributed by atoms with Crippen molar-refractivity contribution in [2.24, 2.45) is 11.8 Å². The van der Waals surface area contributed by atoms with E-state index < -0.39 is 12.2 Å². The summed E-state index contributed by atoms with van der Waals surface area (Å²) in [6.07, 6.45) is 4.01. The van der Waals surface area contributed by atoms with Gasteiger partial charge in [0.05, 0.1) is 0 Å². The molecule has 0 saturated heterocycles. The zero-order valence-electron chi connectivity index (χ0n) is 10.7. The SMILES string of the molecule is O=C1C(O)CCCCC1C1CCCCC(O)C1=O. The number of hydrogen-bond donors (Lipinski definition) is 2. The Hall–Kier alpha value is -0.740. The van der Waals surface area contributed by atoms with E-state index in [9.17, 15) is 19.8 Å². The number of aliphatic hydroxyl groups excluding tert-OH is 2. The number of ketones is 2. The Morgan fingerprint density at radius 2 is 1.00 bits per heavy atom. The molecule has 2 aliphatic rings. The number of aliphatic hydroxyl groups is 2. The minimum Gasteiger partial charge on any atom is -0.385 e. The molecule has 18 heavy (non-hydrogen) atoms. The molecule has 0 bridgehead atoms. The molecule has 0 aromatic heterocycles. The zero-order chi connectivity index (χ0) is 13.1. The Bertz CT molecular complexity index is 294. The predicted molar refractivity (Wildman–Crippen MR) is 65.9 cm³/mol. The standard InChI is InChI=1S/C14H22O4/c15-11-7-3-1-5-9(13(11)17)10-6-2-4-8-12(16)14(10)18/h9-12,15-16H,1-8H2. The molecule has 102 valence electrons. The molecule has 0 aromatic rings. The Labute approximate surface area is 107 Å². The second-order valence-electron chi connectivity index (χ2n) is 5.62. The molecule has 2 rings (SSSR count). The van der Waals surface area contributed by atoms with Gasteiger partial charge in [0.25, 0.3) is 0 Å². The van der Waals surface area contributed by atoms with Gasteiger partial charge in [-0.1, -0.05) is 25.7 Å². The van der Waals surface area contributed by atoms with E-state index in [2.05, 4.69) is 0 Å². The normalized spacial score (nSPS) is 39.2. The molecule has 2 saturated carbocycles. The number of hydrogen-bond acceptors (Lipinski definition) is 4. The molecule has 0 amide bonds. The van der Waals surface area contributed by atoms with E-state index in [4.69, 9.17) is 0 Å². The summed E-state index contributed by atoms with van der Waals surface area (Å²) in [6.45, 7) is 0. The molecule has 0 aromatic carbocycles. The highest BCUT2D eigenvalue weighted by Gasteiger charge is 2.39. The lowest BCUT2D eigenvalue weighted by Gasteiger charge is -2.24. The van der Waals surface area contributed by atoms with Gasteiger partial charge in [-0.2, -0.15) is 0 Å². The van der Waals surface area contributed by atoms with E-state index >= 15 is 0 Å². The number of Topliss-reactive ketones (excluding diaryl/α,β-unsaturated/α-hetero) is 2. The first kappa shape index (κ1) is 13.7. The average Bonchev–Trinajstić information content (AvgIpc) is 2.61. The molecule has 4 unspecified atom stereocenters. The van der Waals surface area contributed by atoms with Crippen LogP contribution in [0.5, 0.6) is 0 Å². The second-order valence-corrected chi connectivity index (χ2v) is 5.62. The molecule has 0 radical (unpaired) electrons. The molecule has 0 heterocycles. The monoisotopic (exact) mass is 254 g/mol. The highest BCUT2D eigenvalue weighted by atomic mass is 16.3. The van der Waals surface area contributed by atoms with Gasteiger partial charge in [-0.05, 0) is 25.7 Å². The van der Waals surface area contributed by atoms with Gasteiger partial charge in [0.2, 0.25) is 0 Å². The molecule has 0 aliphatic heterocycles. The van der Waals surface area contributed by atoms with Gasteiger partial charge in [0.15, 0.2) is 11.6 Å². The lowest BCUT2D eigenvalue weighted by Crippen LogP contribution is -2.38. The largest absolute Gasteiger partial charge is 0.385 e. The zero-order valence-corrected chi connectivity index (χ0v) is 10.7. The fourth-order valence-electron chi connectivity index (χ4n) is 3.27. The van der Waals surface area contributed by atoms with Crippen molar-refractivity contribution in [3.63, 3.8) is 0 Å². The van der Waals surface area contributed by atoms with Crippen molar-refractivity contribution in [1.82, 2.24) is 0 Å². The van der Waals surface area contributed by atoms with E-state index in [-0.39, 0.29) is 23.4 Å². The summed E-state index contributed by atoms with van der Waals surface area (Å²) in [7, 11) is 0. The lowest BCUT2D eigenvalue weighted by atomic mass is 9.79. The highest BCUT2D eigenvalue weighted by Crippen LogP contribution is 2.33. The smallest absolute Gasteiger partial charge is 0.165 e. The summed E-state index contributed by atoms with van der Waals surface area (Å²) in [5.74, 6) is -1.11. The molecule has 4 atom stereocenters. The van der Waals surface area contributed by atoms with E-state index in [1.54, 1.807) is 0 Å². The van der Waals surface area contributed by atoms with Gasteiger partial charge >= 0.3 is 0 Å². The quantitative estimate of drug-likeness (QED) is 0.690. The molecular formula is C14H22O4. The fraction of sp³-hybridized carbons (Fsp3) is 0.857. The molecule has 4 nitrogen and oxygen atoms in total. The van der Waals surface area contributed by atoms with Crippen LogP contribution in [0.15, 0.2) is 0 Å². The topological polar surface area (TPSA) is 74.6 Å². The molecule has 2 fully saturated rings.